The van der Waals surface area contributed by atoms with Gasteiger partial charge in [-0.05, 0) is 55.4 Å². The summed E-state index contributed by atoms with van der Waals surface area (Å²) in [6.07, 6.45) is -3.43. The van der Waals surface area contributed by atoms with Crippen molar-refractivity contribution in [3.8, 4) is 5.75 Å². The fraction of sp³-hybridized carbons (Fsp3) is 0.400. The maximum atomic E-state index is 12.8. The molecule has 1 heterocycles. The van der Waals surface area contributed by atoms with Crippen LogP contribution in [0.1, 0.15) is 12.0 Å². The molecule has 0 unspecified atom stereocenters. The minimum Gasteiger partial charge on any atom is -0.489 e. The lowest BCUT2D eigenvalue weighted by atomic mass is 10.0. The molecule has 0 aromatic heterocycles. The van der Waals surface area contributed by atoms with Crippen molar-refractivity contribution < 1.29 is 34.7 Å². The van der Waals surface area contributed by atoms with Gasteiger partial charge in [0.25, 0.3) is 0 Å². The summed E-state index contributed by atoms with van der Waals surface area (Å²) in [4.78, 5) is -0.337. The third kappa shape index (κ3) is 6.21. The van der Waals surface area contributed by atoms with E-state index in [9.17, 15) is 30.0 Å². The van der Waals surface area contributed by atoms with Crippen molar-refractivity contribution in [3.05, 3.63) is 54.1 Å². The van der Waals surface area contributed by atoms with Crippen LogP contribution in [0, 0.1) is 5.92 Å². The number of nitrogens with one attached hydrogen (secondary N) is 2. The Morgan fingerprint density at radius 3 is 2.31 bits per heavy atom. The smallest absolute Gasteiger partial charge is 0.416 e. The van der Waals surface area contributed by atoms with Crippen LogP contribution in [-0.2, 0) is 26.0 Å². The molecule has 2 aromatic carbocycles. The van der Waals surface area contributed by atoms with Gasteiger partial charge < -0.3 is 10.1 Å². The number of ether oxygens (including phenoxy) is 1. The van der Waals surface area contributed by atoms with E-state index in [1.807, 2.05) is 0 Å². The molecular formula is C20H23F3N2O5S2. The molecule has 32 heavy (non-hydrogen) atoms. The van der Waals surface area contributed by atoms with E-state index in [1.54, 1.807) is 0 Å². The molecule has 1 aliphatic heterocycles. The summed E-state index contributed by atoms with van der Waals surface area (Å²) in [5.41, 5.74) is -0.810. The van der Waals surface area contributed by atoms with E-state index in [0.717, 1.165) is 24.5 Å². The molecule has 0 aliphatic carbocycles. The summed E-state index contributed by atoms with van der Waals surface area (Å²) in [5, 5.41) is 3.15. The summed E-state index contributed by atoms with van der Waals surface area (Å²) in [7, 11) is -7.64. The number of hydrogen-bond donors (Lipinski definition) is 2. The van der Waals surface area contributed by atoms with E-state index in [4.69, 9.17) is 4.74 Å². The summed E-state index contributed by atoms with van der Waals surface area (Å²) in [6, 6.07) is 9.18. The Kier molecular flexibility index (Phi) is 7.18. The van der Waals surface area contributed by atoms with E-state index in [0.29, 0.717) is 19.5 Å². The monoisotopic (exact) mass is 492 g/mol. The Labute approximate surface area is 184 Å². The third-order valence-corrected chi connectivity index (χ3v) is 7.64. The zero-order valence-corrected chi connectivity index (χ0v) is 18.7. The molecule has 1 aliphatic rings. The minimum absolute atomic E-state index is 0.0673. The number of halogens is 3. The van der Waals surface area contributed by atoms with Gasteiger partial charge >= 0.3 is 6.18 Å². The summed E-state index contributed by atoms with van der Waals surface area (Å²) >= 11 is 0. The lowest BCUT2D eigenvalue weighted by Gasteiger charge is -2.25. The van der Waals surface area contributed by atoms with Gasteiger partial charge in [0.1, 0.15) is 11.9 Å². The van der Waals surface area contributed by atoms with E-state index >= 15 is 0 Å². The van der Waals surface area contributed by atoms with Gasteiger partial charge in [-0.15, -0.1) is 0 Å². The zero-order chi connectivity index (χ0) is 23.6. The Balaban J connectivity index is 1.76. The van der Waals surface area contributed by atoms with Crippen molar-refractivity contribution in [1.82, 2.24) is 10.0 Å². The molecule has 1 fully saturated rings. The molecule has 0 radical (unpaired) electrons. The standard InChI is InChI=1S/C20H23F3N2O5S2/c1-31(26,27)17-3-2-4-18(11-17)32(28,29)25-13-19(14-9-10-24-12-14)30-16-7-5-15(6-8-16)20(21,22)23/h2-8,11,14,19,24-25H,9-10,12-13H2,1H3/t14-,19+/m0/s1. The number of hydrogen-bond acceptors (Lipinski definition) is 6. The number of sulfone groups is 1. The average Bonchev–Trinajstić information content (AvgIpc) is 3.25. The lowest BCUT2D eigenvalue weighted by Crippen LogP contribution is -2.40. The predicted molar refractivity (Wildman–Crippen MR) is 112 cm³/mol. The first-order valence-electron chi connectivity index (χ1n) is 9.71. The van der Waals surface area contributed by atoms with Gasteiger partial charge in [0.2, 0.25) is 10.0 Å². The molecule has 1 saturated heterocycles. The van der Waals surface area contributed by atoms with Crippen molar-refractivity contribution in [2.45, 2.75) is 28.5 Å². The number of benzene rings is 2. The van der Waals surface area contributed by atoms with Crippen molar-refractivity contribution in [2.24, 2.45) is 5.92 Å². The molecule has 176 valence electrons. The Morgan fingerprint density at radius 2 is 1.75 bits per heavy atom. The first kappa shape index (κ1) is 24.5. The fourth-order valence-corrected chi connectivity index (χ4v) is 5.17. The number of rotatable bonds is 8. The molecule has 2 aromatic rings. The second-order valence-corrected chi connectivity index (χ2v) is 11.3. The van der Waals surface area contributed by atoms with E-state index in [-0.39, 0.29) is 28.0 Å². The summed E-state index contributed by atoms with van der Waals surface area (Å²) in [6.45, 7) is 1.14. The Morgan fingerprint density at radius 1 is 1.09 bits per heavy atom. The van der Waals surface area contributed by atoms with Gasteiger partial charge in [-0.2, -0.15) is 13.2 Å². The lowest BCUT2D eigenvalue weighted by molar-refractivity contribution is -0.137. The third-order valence-electron chi connectivity index (χ3n) is 5.11. The maximum absolute atomic E-state index is 12.8. The van der Waals surface area contributed by atoms with Gasteiger partial charge in [-0.1, -0.05) is 6.07 Å². The first-order valence-corrected chi connectivity index (χ1v) is 13.1. The number of alkyl halides is 3. The van der Waals surface area contributed by atoms with Gasteiger partial charge in [0.15, 0.2) is 9.84 Å². The molecule has 12 heteroatoms. The molecule has 0 spiro atoms. The average molecular weight is 493 g/mol. The highest BCUT2D eigenvalue weighted by Crippen LogP contribution is 2.31. The summed E-state index contributed by atoms with van der Waals surface area (Å²) in [5.74, 6) is 0.121. The van der Waals surface area contributed by atoms with Crippen LogP contribution in [0.3, 0.4) is 0 Å². The van der Waals surface area contributed by atoms with Crippen LogP contribution in [0.4, 0.5) is 13.2 Å². The zero-order valence-electron chi connectivity index (χ0n) is 17.1. The van der Waals surface area contributed by atoms with Crippen LogP contribution in [0.15, 0.2) is 58.3 Å². The second-order valence-electron chi connectivity index (χ2n) is 7.53. The van der Waals surface area contributed by atoms with Crippen molar-refractivity contribution in [1.29, 1.82) is 0 Å². The molecule has 3 rings (SSSR count). The Bertz CT molecular complexity index is 1140. The Hall–Kier alpha value is -2.15. The van der Waals surface area contributed by atoms with Crippen LogP contribution in [-0.4, -0.2) is 48.8 Å². The predicted octanol–water partition coefficient (Wildman–Crippen LogP) is 2.44. The SMILES string of the molecule is CS(=O)(=O)c1cccc(S(=O)(=O)NC[C@@H](Oc2ccc(C(F)(F)F)cc2)[C@H]2CCNC2)c1. The van der Waals surface area contributed by atoms with E-state index < -0.39 is 37.7 Å². The molecule has 2 atom stereocenters. The van der Waals surface area contributed by atoms with Gasteiger partial charge in [0.05, 0.1) is 15.4 Å². The second kappa shape index (κ2) is 9.38. The van der Waals surface area contributed by atoms with E-state index in [1.165, 1.54) is 30.3 Å². The molecule has 2 N–H and O–H groups in total. The topological polar surface area (TPSA) is 102 Å². The van der Waals surface area contributed by atoms with Gasteiger partial charge in [-0.25, -0.2) is 21.6 Å². The van der Waals surface area contributed by atoms with Crippen LogP contribution in [0.5, 0.6) is 5.75 Å². The highest BCUT2D eigenvalue weighted by molar-refractivity contribution is 7.91. The molecule has 7 nitrogen and oxygen atoms in total. The van der Waals surface area contributed by atoms with Gasteiger partial charge in [0, 0.05) is 25.3 Å². The van der Waals surface area contributed by atoms with Crippen LogP contribution in [0.25, 0.3) is 0 Å². The van der Waals surface area contributed by atoms with Crippen LogP contribution in [0.2, 0.25) is 0 Å². The minimum atomic E-state index is -4.47. The molecular weight excluding hydrogens is 469 g/mol. The largest absolute Gasteiger partial charge is 0.489 e. The van der Waals surface area contributed by atoms with Crippen LogP contribution < -0.4 is 14.8 Å². The van der Waals surface area contributed by atoms with Crippen molar-refractivity contribution in [3.63, 3.8) is 0 Å². The molecule has 0 amide bonds. The normalized spacial score (nSPS) is 18.4. The molecule has 0 bridgehead atoms. The highest BCUT2D eigenvalue weighted by atomic mass is 32.2. The van der Waals surface area contributed by atoms with Crippen molar-refractivity contribution in [2.75, 3.05) is 25.9 Å². The number of sulfonamides is 1. The first-order chi connectivity index (χ1) is 14.9. The van der Waals surface area contributed by atoms with Crippen molar-refractivity contribution >= 4 is 19.9 Å². The molecule has 0 saturated carbocycles. The highest BCUT2D eigenvalue weighted by Gasteiger charge is 2.31. The van der Waals surface area contributed by atoms with Crippen LogP contribution >= 0.6 is 0 Å². The summed E-state index contributed by atoms with van der Waals surface area (Å²) < 4.78 is 95.5. The van der Waals surface area contributed by atoms with E-state index in [2.05, 4.69) is 10.0 Å². The quantitative estimate of drug-likeness (QED) is 0.587. The fourth-order valence-electron chi connectivity index (χ4n) is 3.34. The van der Waals surface area contributed by atoms with Gasteiger partial charge in [-0.3, -0.25) is 0 Å². The maximum Gasteiger partial charge on any atom is 0.416 e.